The third kappa shape index (κ3) is 3.18. The van der Waals surface area contributed by atoms with E-state index in [9.17, 15) is 9.90 Å². The zero-order valence-electron chi connectivity index (χ0n) is 10.0. The van der Waals surface area contributed by atoms with Gasteiger partial charge in [0.1, 0.15) is 6.10 Å². The van der Waals surface area contributed by atoms with Crippen molar-refractivity contribution in [2.45, 2.75) is 59.0 Å². The van der Waals surface area contributed by atoms with Crippen LogP contribution in [0, 0.1) is 5.41 Å². The van der Waals surface area contributed by atoms with Crippen molar-refractivity contribution in [1.82, 2.24) is 0 Å². The first-order valence-electron chi connectivity index (χ1n) is 5.17. The van der Waals surface area contributed by atoms with Gasteiger partial charge in [-0.15, -0.1) is 0 Å². The van der Waals surface area contributed by atoms with Gasteiger partial charge in [-0.3, -0.25) is 4.79 Å². The van der Waals surface area contributed by atoms with Crippen LogP contribution in [-0.4, -0.2) is 29.1 Å². The fraction of sp³-hybridized carbons (Fsp3) is 0.909. The second-order valence-electron chi connectivity index (χ2n) is 5.70. The van der Waals surface area contributed by atoms with E-state index in [0.29, 0.717) is 0 Å². The molecule has 4 nitrogen and oxygen atoms in total. The van der Waals surface area contributed by atoms with Crippen molar-refractivity contribution >= 4 is 5.97 Å². The Hall–Kier alpha value is -0.610. The standard InChI is InChI=1S/C11H20O4/c1-10(2,3)15-9-8(13)11(4,5)6-7(12)14-9/h8-9,13H,6H2,1-5H3. The summed E-state index contributed by atoms with van der Waals surface area (Å²) in [5, 5.41) is 9.98. The van der Waals surface area contributed by atoms with Gasteiger partial charge in [0.05, 0.1) is 12.0 Å². The van der Waals surface area contributed by atoms with Crippen LogP contribution < -0.4 is 0 Å². The molecule has 0 bridgehead atoms. The highest BCUT2D eigenvalue weighted by atomic mass is 16.7. The minimum Gasteiger partial charge on any atom is -0.433 e. The van der Waals surface area contributed by atoms with Crippen LogP contribution in [0.2, 0.25) is 0 Å². The van der Waals surface area contributed by atoms with E-state index >= 15 is 0 Å². The van der Waals surface area contributed by atoms with E-state index < -0.39 is 23.4 Å². The topological polar surface area (TPSA) is 55.8 Å². The first-order chi connectivity index (χ1) is 6.62. The van der Waals surface area contributed by atoms with Crippen molar-refractivity contribution in [3.8, 4) is 0 Å². The van der Waals surface area contributed by atoms with Crippen molar-refractivity contribution in [3.05, 3.63) is 0 Å². The molecular weight excluding hydrogens is 196 g/mol. The summed E-state index contributed by atoms with van der Waals surface area (Å²) in [5.74, 6) is -0.320. The molecule has 0 aromatic heterocycles. The average molecular weight is 216 g/mol. The Morgan fingerprint density at radius 2 is 2.00 bits per heavy atom. The summed E-state index contributed by atoms with van der Waals surface area (Å²) in [6, 6.07) is 0. The Labute approximate surface area is 90.6 Å². The minimum atomic E-state index is -0.860. The van der Waals surface area contributed by atoms with Gasteiger partial charge in [-0.05, 0) is 20.8 Å². The van der Waals surface area contributed by atoms with Crippen LogP contribution in [0.15, 0.2) is 0 Å². The van der Waals surface area contributed by atoms with E-state index in [1.165, 1.54) is 0 Å². The lowest BCUT2D eigenvalue weighted by Crippen LogP contribution is -2.51. The molecule has 0 aromatic carbocycles. The molecule has 0 amide bonds. The molecule has 1 aliphatic rings. The Bertz CT molecular complexity index is 252. The number of cyclic esters (lactones) is 1. The SMILES string of the molecule is CC(C)(C)OC1OC(=O)CC(C)(C)C1O. The summed E-state index contributed by atoms with van der Waals surface area (Å²) in [7, 11) is 0. The monoisotopic (exact) mass is 216 g/mol. The third-order valence-corrected chi connectivity index (χ3v) is 2.38. The van der Waals surface area contributed by atoms with Crippen LogP contribution in [0.1, 0.15) is 41.0 Å². The van der Waals surface area contributed by atoms with E-state index in [1.54, 1.807) is 0 Å². The Balaban J connectivity index is 2.76. The molecule has 15 heavy (non-hydrogen) atoms. The summed E-state index contributed by atoms with van der Waals surface area (Å²) >= 11 is 0. The zero-order valence-corrected chi connectivity index (χ0v) is 10.0. The lowest BCUT2D eigenvalue weighted by atomic mass is 9.81. The van der Waals surface area contributed by atoms with Gasteiger partial charge in [0.2, 0.25) is 6.29 Å². The van der Waals surface area contributed by atoms with Crippen LogP contribution in [0.5, 0.6) is 0 Å². The molecule has 1 saturated heterocycles. The number of carbonyl (C=O) groups excluding carboxylic acids is 1. The normalized spacial score (nSPS) is 31.2. The van der Waals surface area contributed by atoms with Gasteiger partial charge in [-0.1, -0.05) is 13.8 Å². The Kier molecular flexibility index (Phi) is 3.12. The van der Waals surface area contributed by atoms with Gasteiger partial charge in [0.15, 0.2) is 0 Å². The van der Waals surface area contributed by atoms with Crippen LogP contribution in [-0.2, 0) is 14.3 Å². The fourth-order valence-electron chi connectivity index (χ4n) is 1.52. The molecule has 0 aliphatic carbocycles. The molecule has 0 spiro atoms. The highest BCUT2D eigenvalue weighted by Gasteiger charge is 2.45. The summed E-state index contributed by atoms with van der Waals surface area (Å²) in [6.45, 7) is 9.23. The molecule has 4 heteroatoms. The molecule has 0 saturated carbocycles. The van der Waals surface area contributed by atoms with Crippen molar-refractivity contribution < 1.29 is 19.4 Å². The van der Waals surface area contributed by atoms with E-state index in [2.05, 4.69) is 0 Å². The van der Waals surface area contributed by atoms with Crippen LogP contribution >= 0.6 is 0 Å². The second-order valence-corrected chi connectivity index (χ2v) is 5.70. The molecule has 0 radical (unpaired) electrons. The molecule has 2 unspecified atom stereocenters. The largest absolute Gasteiger partial charge is 0.433 e. The first-order valence-corrected chi connectivity index (χ1v) is 5.17. The van der Waals surface area contributed by atoms with Crippen LogP contribution in [0.4, 0.5) is 0 Å². The summed E-state index contributed by atoms with van der Waals surface area (Å²) in [5.41, 5.74) is -0.940. The smallest absolute Gasteiger partial charge is 0.308 e. The third-order valence-electron chi connectivity index (χ3n) is 2.38. The molecule has 1 N–H and O–H groups in total. The van der Waals surface area contributed by atoms with E-state index in [0.717, 1.165) is 0 Å². The lowest BCUT2D eigenvalue weighted by molar-refractivity contribution is -0.265. The molecule has 2 atom stereocenters. The Morgan fingerprint density at radius 3 is 2.47 bits per heavy atom. The fourth-order valence-corrected chi connectivity index (χ4v) is 1.52. The minimum absolute atomic E-state index is 0.220. The van der Waals surface area contributed by atoms with Crippen molar-refractivity contribution in [1.29, 1.82) is 0 Å². The molecule has 1 heterocycles. The average Bonchev–Trinajstić information content (AvgIpc) is 1.95. The molecule has 1 fully saturated rings. The number of rotatable bonds is 1. The van der Waals surface area contributed by atoms with Gasteiger partial charge in [0.25, 0.3) is 0 Å². The van der Waals surface area contributed by atoms with Gasteiger partial charge in [-0.2, -0.15) is 0 Å². The van der Waals surface area contributed by atoms with Crippen molar-refractivity contribution in [2.75, 3.05) is 0 Å². The number of hydrogen-bond donors (Lipinski definition) is 1. The number of aliphatic hydroxyl groups excluding tert-OH is 1. The molecule has 1 aliphatic heterocycles. The zero-order chi connectivity index (χ0) is 11.9. The molecule has 88 valence electrons. The van der Waals surface area contributed by atoms with Crippen molar-refractivity contribution in [2.24, 2.45) is 5.41 Å². The highest BCUT2D eigenvalue weighted by molar-refractivity contribution is 5.71. The number of aliphatic hydroxyl groups is 1. The van der Waals surface area contributed by atoms with E-state index in [4.69, 9.17) is 9.47 Å². The van der Waals surface area contributed by atoms with Crippen LogP contribution in [0.25, 0.3) is 0 Å². The molecule has 1 rings (SSSR count). The summed E-state index contributed by atoms with van der Waals surface area (Å²) in [6.07, 6.45) is -1.42. The quantitative estimate of drug-likeness (QED) is 0.674. The predicted molar refractivity (Wildman–Crippen MR) is 55.1 cm³/mol. The number of hydrogen-bond acceptors (Lipinski definition) is 4. The molecule has 0 aromatic rings. The van der Waals surface area contributed by atoms with Gasteiger partial charge < -0.3 is 14.6 Å². The second kappa shape index (κ2) is 3.76. The maximum Gasteiger partial charge on any atom is 0.308 e. The Morgan fingerprint density at radius 1 is 1.47 bits per heavy atom. The first kappa shape index (κ1) is 12.5. The summed E-state index contributed by atoms with van der Waals surface area (Å²) < 4.78 is 10.5. The molecular formula is C11H20O4. The number of esters is 1. The van der Waals surface area contributed by atoms with E-state index in [1.807, 2.05) is 34.6 Å². The number of ether oxygens (including phenoxy) is 2. The highest BCUT2D eigenvalue weighted by Crippen LogP contribution is 2.35. The van der Waals surface area contributed by atoms with Crippen molar-refractivity contribution in [3.63, 3.8) is 0 Å². The summed E-state index contributed by atoms with van der Waals surface area (Å²) in [4.78, 5) is 11.3. The lowest BCUT2D eigenvalue weighted by Gasteiger charge is -2.41. The van der Waals surface area contributed by atoms with Crippen LogP contribution in [0.3, 0.4) is 0 Å². The number of carbonyl (C=O) groups is 1. The van der Waals surface area contributed by atoms with Gasteiger partial charge in [-0.25, -0.2) is 0 Å². The van der Waals surface area contributed by atoms with Gasteiger partial charge >= 0.3 is 5.97 Å². The maximum absolute atomic E-state index is 11.3. The maximum atomic E-state index is 11.3. The van der Waals surface area contributed by atoms with Gasteiger partial charge in [0, 0.05) is 5.41 Å². The van der Waals surface area contributed by atoms with E-state index in [-0.39, 0.29) is 12.4 Å². The predicted octanol–water partition coefficient (Wildman–Crippen LogP) is 1.46.